The summed E-state index contributed by atoms with van der Waals surface area (Å²) in [7, 11) is 0. The summed E-state index contributed by atoms with van der Waals surface area (Å²) in [5, 5.41) is 9.62. The molecule has 0 radical (unpaired) electrons. The molecule has 5 heteroatoms. The third-order valence-electron chi connectivity index (χ3n) is 5.68. The van der Waals surface area contributed by atoms with Gasteiger partial charge in [-0.3, -0.25) is 4.90 Å². The van der Waals surface area contributed by atoms with E-state index in [0.29, 0.717) is 6.42 Å². The molecule has 2 unspecified atom stereocenters. The number of carbonyl (C=O) groups excluding carboxylic acids is 1. The lowest BCUT2D eigenvalue weighted by molar-refractivity contribution is -0.144. The van der Waals surface area contributed by atoms with Gasteiger partial charge >= 0.3 is 12.1 Å². The van der Waals surface area contributed by atoms with Crippen LogP contribution < -0.4 is 0 Å². The third kappa shape index (κ3) is 3.61. The van der Waals surface area contributed by atoms with Gasteiger partial charge in [-0.1, -0.05) is 68.8 Å². The number of carboxylic acid groups (broad SMARTS) is 1. The van der Waals surface area contributed by atoms with Crippen molar-refractivity contribution in [3.05, 3.63) is 59.7 Å². The van der Waals surface area contributed by atoms with Gasteiger partial charge in [-0.15, -0.1) is 0 Å². The van der Waals surface area contributed by atoms with E-state index in [1.807, 2.05) is 38.1 Å². The Morgan fingerprint density at radius 1 is 1.04 bits per heavy atom. The number of nitrogens with zero attached hydrogens (tertiary/aromatic N) is 1. The van der Waals surface area contributed by atoms with Crippen LogP contribution in [-0.4, -0.2) is 41.3 Å². The molecule has 1 N–H and O–H groups in total. The van der Waals surface area contributed by atoms with E-state index in [9.17, 15) is 14.7 Å². The number of benzene rings is 2. The molecule has 0 bridgehead atoms. The van der Waals surface area contributed by atoms with Gasteiger partial charge in [0, 0.05) is 12.5 Å². The van der Waals surface area contributed by atoms with Gasteiger partial charge < -0.3 is 9.84 Å². The third-order valence-corrected chi connectivity index (χ3v) is 5.68. The molecular formula is C23H27NO4. The van der Waals surface area contributed by atoms with E-state index in [0.717, 1.165) is 22.3 Å². The van der Waals surface area contributed by atoms with Crippen molar-refractivity contribution < 1.29 is 19.4 Å². The number of likely N-dealkylation sites (N-methyl/N-ethyl adjacent to an activating group) is 1. The van der Waals surface area contributed by atoms with Crippen LogP contribution in [0.25, 0.3) is 11.1 Å². The second-order valence-electron chi connectivity index (χ2n) is 7.26. The molecule has 2 aromatic rings. The minimum absolute atomic E-state index is 0.0399. The predicted molar refractivity (Wildman–Crippen MR) is 108 cm³/mol. The monoisotopic (exact) mass is 381 g/mol. The Morgan fingerprint density at radius 3 is 2.04 bits per heavy atom. The molecular weight excluding hydrogens is 354 g/mol. The molecule has 0 spiro atoms. The molecule has 0 saturated heterocycles. The van der Waals surface area contributed by atoms with Crippen LogP contribution >= 0.6 is 0 Å². The Balaban J connectivity index is 1.79. The Hall–Kier alpha value is -2.82. The number of hydrogen-bond donors (Lipinski definition) is 1. The number of fused-ring (bicyclic) bond motifs is 3. The number of aliphatic carboxylic acids is 1. The molecule has 28 heavy (non-hydrogen) atoms. The first-order valence-electron chi connectivity index (χ1n) is 9.83. The van der Waals surface area contributed by atoms with Crippen LogP contribution in [0.5, 0.6) is 0 Å². The quantitative estimate of drug-likeness (QED) is 0.751. The van der Waals surface area contributed by atoms with E-state index in [2.05, 4.69) is 24.3 Å². The van der Waals surface area contributed by atoms with Crippen molar-refractivity contribution in [2.24, 2.45) is 5.92 Å². The average Bonchev–Trinajstić information content (AvgIpc) is 3.03. The van der Waals surface area contributed by atoms with E-state index >= 15 is 0 Å². The van der Waals surface area contributed by atoms with Crippen molar-refractivity contribution in [3.63, 3.8) is 0 Å². The molecule has 0 aromatic heterocycles. The maximum absolute atomic E-state index is 12.8. The predicted octanol–water partition coefficient (Wildman–Crippen LogP) is 4.76. The van der Waals surface area contributed by atoms with Crippen molar-refractivity contribution in [1.82, 2.24) is 4.90 Å². The highest BCUT2D eigenvalue weighted by Gasteiger charge is 2.35. The van der Waals surface area contributed by atoms with Crippen LogP contribution in [-0.2, 0) is 9.53 Å². The first-order valence-corrected chi connectivity index (χ1v) is 9.83. The molecule has 3 rings (SSSR count). The zero-order chi connectivity index (χ0) is 20.3. The lowest BCUT2D eigenvalue weighted by atomic mass is 9.97. The van der Waals surface area contributed by atoms with E-state index in [4.69, 9.17) is 4.74 Å². The maximum Gasteiger partial charge on any atom is 0.410 e. The normalized spacial score (nSPS) is 14.7. The minimum atomic E-state index is -0.996. The molecule has 1 aliphatic carbocycles. The Bertz CT molecular complexity index is 818. The molecule has 1 amide bonds. The second kappa shape index (κ2) is 8.46. The number of rotatable bonds is 7. The summed E-state index contributed by atoms with van der Waals surface area (Å²) in [6.45, 7) is 6.03. The van der Waals surface area contributed by atoms with E-state index in [-0.39, 0.29) is 25.0 Å². The summed E-state index contributed by atoms with van der Waals surface area (Å²) < 4.78 is 5.64. The topological polar surface area (TPSA) is 66.8 Å². The number of carbonyl (C=O) groups is 2. The van der Waals surface area contributed by atoms with Crippen molar-refractivity contribution in [3.8, 4) is 11.1 Å². The second-order valence-corrected chi connectivity index (χ2v) is 7.26. The highest BCUT2D eigenvalue weighted by molar-refractivity contribution is 5.81. The summed E-state index contributed by atoms with van der Waals surface area (Å²) in [4.78, 5) is 25.8. The van der Waals surface area contributed by atoms with Crippen LogP contribution in [0.1, 0.15) is 44.2 Å². The fraction of sp³-hybridized carbons (Fsp3) is 0.391. The van der Waals surface area contributed by atoms with Gasteiger partial charge in [0.05, 0.1) is 0 Å². The van der Waals surface area contributed by atoms with Crippen molar-refractivity contribution in [2.45, 2.75) is 39.2 Å². The summed E-state index contributed by atoms with van der Waals surface area (Å²) in [5.74, 6) is -1.19. The maximum atomic E-state index is 12.8. The first kappa shape index (κ1) is 19.9. The van der Waals surface area contributed by atoms with Crippen molar-refractivity contribution >= 4 is 12.1 Å². The number of carboxylic acids is 1. The van der Waals surface area contributed by atoms with Crippen LogP contribution in [0.4, 0.5) is 4.79 Å². The number of hydrogen-bond acceptors (Lipinski definition) is 3. The molecule has 0 heterocycles. The van der Waals surface area contributed by atoms with Gasteiger partial charge in [0.1, 0.15) is 12.6 Å². The number of ether oxygens (including phenoxy) is 1. The zero-order valence-electron chi connectivity index (χ0n) is 16.6. The van der Waals surface area contributed by atoms with Gasteiger partial charge in [0.15, 0.2) is 0 Å². The van der Waals surface area contributed by atoms with Crippen molar-refractivity contribution in [1.29, 1.82) is 0 Å². The fourth-order valence-electron chi connectivity index (χ4n) is 4.02. The van der Waals surface area contributed by atoms with Crippen LogP contribution in [0.3, 0.4) is 0 Å². The summed E-state index contributed by atoms with van der Waals surface area (Å²) in [5.41, 5.74) is 4.59. The van der Waals surface area contributed by atoms with E-state index in [1.165, 1.54) is 4.90 Å². The first-order chi connectivity index (χ1) is 13.5. The summed E-state index contributed by atoms with van der Waals surface area (Å²) in [6.07, 6.45) is 0.0986. The summed E-state index contributed by atoms with van der Waals surface area (Å²) >= 11 is 0. The molecule has 0 aliphatic heterocycles. The van der Waals surface area contributed by atoms with Crippen LogP contribution in [0, 0.1) is 5.92 Å². The van der Waals surface area contributed by atoms with Gasteiger partial charge in [-0.25, -0.2) is 9.59 Å². The van der Waals surface area contributed by atoms with Crippen LogP contribution in [0.15, 0.2) is 48.5 Å². The van der Waals surface area contributed by atoms with E-state index < -0.39 is 18.1 Å². The molecule has 5 nitrogen and oxygen atoms in total. The Kier molecular flexibility index (Phi) is 6.02. The molecule has 1 aliphatic rings. The highest BCUT2D eigenvalue weighted by atomic mass is 16.6. The average molecular weight is 381 g/mol. The van der Waals surface area contributed by atoms with Gasteiger partial charge in [-0.2, -0.15) is 0 Å². The van der Waals surface area contributed by atoms with Gasteiger partial charge in [-0.05, 0) is 35.1 Å². The summed E-state index contributed by atoms with van der Waals surface area (Å²) in [6, 6.07) is 15.4. The minimum Gasteiger partial charge on any atom is -0.480 e. The molecule has 0 saturated carbocycles. The molecule has 2 atom stereocenters. The molecule has 148 valence electrons. The van der Waals surface area contributed by atoms with Crippen LogP contribution in [0.2, 0.25) is 0 Å². The van der Waals surface area contributed by atoms with Gasteiger partial charge in [0.25, 0.3) is 0 Å². The van der Waals surface area contributed by atoms with E-state index in [1.54, 1.807) is 6.92 Å². The number of amides is 1. The molecule has 0 fully saturated rings. The lowest BCUT2D eigenvalue weighted by Crippen LogP contribution is -2.48. The molecule has 2 aromatic carbocycles. The zero-order valence-corrected chi connectivity index (χ0v) is 16.6. The Morgan fingerprint density at radius 2 is 1.57 bits per heavy atom. The SMILES string of the molecule is CCC(C)C(C(=O)O)N(CC)C(=O)OCC1c2ccccc2-c2ccccc21. The van der Waals surface area contributed by atoms with Crippen molar-refractivity contribution in [2.75, 3.05) is 13.2 Å². The highest BCUT2D eigenvalue weighted by Crippen LogP contribution is 2.44. The van der Waals surface area contributed by atoms with Gasteiger partial charge in [0.2, 0.25) is 0 Å². The lowest BCUT2D eigenvalue weighted by Gasteiger charge is -2.31. The fourth-order valence-corrected chi connectivity index (χ4v) is 4.02. The smallest absolute Gasteiger partial charge is 0.410 e. The Labute approximate surface area is 165 Å². The standard InChI is InChI=1S/C23H27NO4/c1-4-15(3)21(22(25)26)24(5-2)23(27)28-14-20-18-12-8-6-10-16(18)17-11-7-9-13-19(17)20/h6-13,15,20-21H,4-5,14H2,1-3H3,(H,25,26). The largest absolute Gasteiger partial charge is 0.480 e.